The van der Waals surface area contributed by atoms with Crippen LogP contribution in [0.4, 0.5) is 0 Å². The van der Waals surface area contributed by atoms with Gasteiger partial charge in [0.1, 0.15) is 5.54 Å². The maximum atomic E-state index is 11.0. The monoisotopic (exact) mass is 230 g/mol. The van der Waals surface area contributed by atoms with Gasteiger partial charge in [0.2, 0.25) is 0 Å². The van der Waals surface area contributed by atoms with Crippen molar-refractivity contribution in [2.75, 3.05) is 0 Å². The topological polar surface area (TPSA) is 76.2 Å². The molecule has 4 heteroatoms. The fourth-order valence-corrected chi connectivity index (χ4v) is 1.78. The maximum absolute atomic E-state index is 11.0. The predicted octanol–water partition coefficient (Wildman–Crippen LogP) is 1.58. The highest BCUT2D eigenvalue weighted by Gasteiger charge is 2.28. The molecular formula is C13H14N2O2. The van der Waals surface area contributed by atoms with E-state index in [-0.39, 0.29) is 6.42 Å². The predicted molar refractivity (Wildman–Crippen MR) is 65.7 cm³/mol. The van der Waals surface area contributed by atoms with Crippen molar-refractivity contribution >= 4 is 16.9 Å². The fourth-order valence-electron chi connectivity index (χ4n) is 1.78. The molecule has 2 rings (SSSR count). The number of hydrogen-bond acceptors (Lipinski definition) is 3. The molecule has 1 heterocycles. The van der Waals surface area contributed by atoms with Gasteiger partial charge in [-0.05, 0) is 18.6 Å². The van der Waals surface area contributed by atoms with Crippen molar-refractivity contribution in [1.82, 2.24) is 4.98 Å². The van der Waals surface area contributed by atoms with Crippen molar-refractivity contribution in [2.45, 2.75) is 18.9 Å². The van der Waals surface area contributed by atoms with Crippen LogP contribution in [0.2, 0.25) is 0 Å². The molecular weight excluding hydrogens is 216 g/mol. The van der Waals surface area contributed by atoms with Crippen molar-refractivity contribution in [1.29, 1.82) is 0 Å². The van der Waals surface area contributed by atoms with E-state index in [0.717, 1.165) is 16.5 Å². The summed E-state index contributed by atoms with van der Waals surface area (Å²) in [4.78, 5) is 15.3. The van der Waals surface area contributed by atoms with Crippen LogP contribution in [0.15, 0.2) is 36.5 Å². The Hall–Kier alpha value is -1.94. The first kappa shape index (κ1) is 11.5. The highest BCUT2D eigenvalue weighted by molar-refractivity contribution is 5.84. The van der Waals surface area contributed by atoms with Gasteiger partial charge in [-0.3, -0.25) is 9.78 Å². The van der Waals surface area contributed by atoms with Crippen LogP contribution in [-0.2, 0) is 11.2 Å². The van der Waals surface area contributed by atoms with Crippen LogP contribution in [-0.4, -0.2) is 21.6 Å². The van der Waals surface area contributed by atoms with Gasteiger partial charge < -0.3 is 10.8 Å². The molecule has 88 valence electrons. The van der Waals surface area contributed by atoms with E-state index in [1.54, 1.807) is 6.20 Å². The van der Waals surface area contributed by atoms with E-state index < -0.39 is 11.5 Å². The molecule has 0 radical (unpaired) electrons. The smallest absolute Gasteiger partial charge is 0.323 e. The summed E-state index contributed by atoms with van der Waals surface area (Å²) in [6.45, 7) is 1.51. The highest BCUT2D eigenvalue weighted by atomic mass is 16.4. The number of nitrogens with two attached hydrogens (primary N) is 1. The number of para-hydroxylation sites is 1. The number of carboxylic acid groups (broad SMARTS) is 1. The molecule has 0 aliphatic rings. The average Bonchev–Trinajstić information content (AvgIpc) is 2.29. The van der Waals surface area contributed by atoms with E-state index in [4.69, 9.17) is 10.8 Å². The van der Waals surface area contributed by atoms with Gasteiger partial charge in [0.25, 0.3) is 0 Å². The fraction of sp³-hybridized carbons (Fsp3) is 0.231. The second kappa shape index (κ2) is 4.14. The molecule has 1 atom stereocenters. The van der Waals surface area contributed by atoms with Gasteiger partial charge in [0.05, 0.1) is 5.52 Å². The quantitative estimate of drug-likeness (QED) is 0.839. The Morgan fingerprint density at radius 2 is 2.12 bits per heavy atom. The molecule has 0 bridgehead atoms. The van der Waals surface area contributed by atoms with E-state index in [9.17, 15) is 4.79 Å². The minimum atomic E-state index is -1.27. The Kier molecular flexibility index (Phi) is 2.81. The molecule has 0 saturated carbocycles. The van der Waals surface area contributed by atoms with E-state index in [0.29, 0.717) is 0 Å². The zero-order chi connectivity index (χ0) is 12.5. The van der Waals surface area contributed by atoms with E-state index in [2.05, 4.69) is 4.98 Å². The van der Waals surface area contributed by atoms with Gasteiger partial charge in [0, 0.05) is 18.0 Å². The summed E-state index contributed by atoms with van der Waals surface area (Å²) in [6.07, 6.45) is 1.96. The Morgan fingerprint density at radius 3 is 2.82 bits per heavy atom. The summed E-state index contributed by atoms with van der Waals surface area (Å²) in [5, 5.41) is 10.0. The minimum Gasteiger partial charge on any atom is -0.480 e. The van der Waals surface area contributed by atoms with Crippen molar-refractivity contribution in [3.63, 3.8) is 0 Å². The summed E-state index contributed by atoms with van der Waals surface area (Å²) in [6, 6.07) is 9.49. The lowest BCUT2D eigenvalue weighted by molar-refractivity contribution is -0.142. The first-order valence-corrected chi connectivity index (χ1v) is 5.35. The van der Waals surface area contributed by atoms with Crippen LogP contribution in [0.5, 0.6) is 0 Å². The highest BCUT2D eigenvalue weighted by Crippen LogP contribution is 2.20. The summed E-state index contributed by atoms with van der Waals surface area (Å²) in [5.74, 6) is -1.01. The number of nitrogens with zero attached hydrogens (tertiary/aromatic N) is 1. The third-order valence-corrected chi connectivity index (χ3v) is 2.76. The summed E-state index contributed by atoms with van der Waals surface area (Å²) >= 11 is 0. The minimum absolute atomic E-state index is 0.261. The lowest BCUT2D eigenvalue weighted by Gasteiger charge is -2.19. The van der Waals surface area contributed by atoms with Crippen molar-refractivity contribution in [2.24, 2.45) is 5.73 Å². The Balaban J connectivity index is 2.46. The number of pyridine rings is 1. The Labute approximate surface area is 99.1 Å². The molecule has 4 nitrogen and oxygen atoms in total. The van der Waals surface area contributed by atoms with Crippen molar-refractivity contribution in [3.8, 4) is 0 Å². The zero-order valence-corrected chi connectivity index (χ0v) is 9.55. The van der Waals surface area contributed by atoms with Gasteiger partial charge in [-0.2, -0.15) is 0 Å². The van der Waals surface area contributed by atoms with Crippen LogP contribution in [0, 0.1) is 0 Å². The molecule has 1 unspecified atom stereocenters. The third-order valence-electron chi connectivity index (χ3n) is 2.76. The molecule has 3 N–H and O–H groups in total. The SMILES string of the molecule is CC(N)(Cc1cccc2cccnc12)C(=O)O. The Bertz CT molecular complexity index is 559. The largest absolute Gasteiger partial charge is 0.480 e. The number of aromatic nitrogens is 1. The van der Waals surface area contributed by atoms with Crippen LogP contribution >= 0.6 is 0 Å². The lowest BCUT2D eigenvalue weighted by atomic mass is 9.93. The molecule has 0 fully saturated rings. The number of carbonyl (C=O) groups is 1. The number of aliphatic carboxylic acids is 1. The van der Waals surface area contributed by atoms with Crippen LogP contribution < -0.4 is 5.73 Å². The Morgan fingerprint density at radius 1 is 1.41 bits per heavy atom. The second-order valence-corrected chi connectivity index (χ2v) is 4.39. The van der Waals surface area contributed by atoms with Gasteiger partial charge in [-0.15, -0.1) is 0 Å². The molecule has 0 saturated heterocycles. The van der Waals surface area contributed by atoms with Crippen LogP contribution in [0.25, 0.3) is 10.9 Å². The van der Waals surface area contributed by atoms with Gasteiger partial charge in [-0.25, -0.2) is 0 Å². The summed E-state index contributed by atoms with van der Waals surface area (Å²) < 4.78 is 0. The number of fused-ring (bicyclic) bond motifs is 1. The van der Waals surface area contributed by atoms with Gasteiger partial charge in [-0.1, -0.05) is 24.3 Å². The van der Waals surface area contributed by atoms with E-state index >= 15 is 0 Å². The normalized spacial score (nSPS) is 14.5. The lowest BCUT2D eigenvalue weighted by Crippen LogP contribution is -2.46. The standard InChI is InChI=1S/C13H14N2O2/c1-13(14,12(16)17)8-10-5-2-4-9-6-3-7-15-11(9)10/h2-7H,8,14H2,1H3,(H,16,17). The number of carboxylic acids is 1. The van der Waals surface area contributed by atoms with Gasteiger partial charge >= 0.3 is 5.97 Å². The molecule has 2 aromatic rings. The van der Waals surface area contributed by atoms with Crippen molar-refractivity contribution in [3.05, 3.63) is 42.1 Å². The van der Waals surface area contributed by atoms with Crippen molar-refractivity contribution < 1.29 is 9.90 Å². The second-order valence-electron chi connectivity index (χ2n) is 4.39. The molecule has 1 aromatic heterocycles. The average molecular weight is 230 g/mol. The summed E-state index contributed by atoms with van der Waals surface area (Å²) in [5.41, 5.74) is 6.15. The zero-order valence-electron chi connectivity index (χ0n) is 9.55. The first-order valence-electron chi connectivity index (χ1n) is 5.35. The molecule has 0 spiro atoms. The molecule has 0 amide bonds. The van der Waals surface area contributed by atoms with E-state index in [1.165, 1.54) is 6.92 Å². The number of rotatable bonds is 3. The van der Waals surface area contributed by atoms with E-state index in [1.807, 2.05) is 30.3 Å². The third kappa shape index (κ3) is 2.26. The molecule has 0 aliphatic heterocycles. The van der Waals surface area contributed by atoms with Crippen LogP contribution in [0.3, 0.4) is 0 Å². The molecule has 0 aliphatic carbocycles. The van der Waals surface area contributed by atoms with Crippen LogP contribution in [0.1, 0.15) is 12.5 Å². The van der Waals surface area contributed by atoms with Gasteiger partial charge in [0.15, 0.2) is 0 Å². The first-order chi connectivity index (χ1) is 8.00. The maximum Gasteiger partial charge on any atom is 0.323 e. The molecule has 1 aromatic carbocycles. The number of hydrogen-bond donors (Lipinski definition) is 2. The molecule has 17 heavy (non-hydrogen) atoms. The number of benzene rings is 1. The summed E-state index contributed by atoms with van der Waals surface area (Å²) in [7, 11) is 0.